The van der Waals surface area contributed by atoms with Crippen molar-refractivity contribution in [3.05, 3.63) is 31.3 Å². The smallest absolute Gasteiger partial charge is 0.348 e. The van der Waals surface area contributed by atoms with Crippen LogP contribution in [-0.4, -0.2) is 22.1 Å². The van der Waals surface area contributed by atoms with Crippen LogP contribution in [0.15, 0.2) is 9.59 Å². The quantitative estimate of drug-likeness (QED) is 0.876. The molecule has 7 heteroatoms. The van der Waals surface area contributed by atoms with Gasteiger partial charge in [-0.2, -0.15) is 0 Å². The first kappa shape index (κ1) is 14.5. The number of carbonyl (C=O) groups excluding carboxylic acids is 1. The van der Waals surface area contributed by atoms with Gasteiger partial charge in [-0.25, -0.2) is 9.59 Å². The van der Waals surface area contributed by atoms with E-state index < -0.39 is 11.7 Å². The van der Waals surface area contributed by atoms with Crippen molar-refractivity contribution in [2.24, 2.45) is 0 Å². The minimum Gasteiger partial charge on any atom is -0.462 e. The molecule has 0 aliphatic rings. The average Bonchev–Trinajstić information content (AvgIpc) is 2.66. The van der Waals surface area contributed by atoms with Gasteiger partial charge in [-0.15, -0.1) is 11.3 Å². The number of ether oxygens (including phenoxy) is 1. The number of nitrogens with one attached hydrogen (secondary N) is 1. The zero-order chi connectivity index (χ0) is 15.0. The van der Waals surface area contributed by atoms with Gasteiger partial charge in [-0.05, 0) is 33.3 Å². The lowest BCUT2D eigenvalue weighted by atomic mass is 10.2. The van der Waals surface area contributed by atoms with E-state index in [0.717, 1.165) is 15.9 Å². The van der Waals surface area contributed by atoms with Crippen molar-refractivity contribution in [1.82, 2.24) is 9.55 Å². The predicted molar refractivity (Wildman–Crippen MR) is 77.8 cm³/mol. The summed E-state index contributed by atoms with van der Waals surface area (Å²) in [5.74, 6) is -0.470. The summed E-state index contributed by atoms with van der Waals surface area (Å²) in [5.41, 5.74) is -0.281. The summed E-state index contributed by atoms with van der Waals surface area (Å²) in [6, 6.07) is -0.249. The molecule has 0 saturated carbocycles. The van der Waals surface area contributed by atoms with Gasteiger partial charge in [0.05, 0.1) is 12.0 Å². The van der Waals surface area contributed by atoms with Crippen LogP contribution in [0.2, 0.25) is 0 Å². The van der Waals surface area contributed by atoms with Crippen molar-refractivity contribution in [3.8, 4) is 0 Å². The minimum atomic E-state index is -0.470. The molecule has 0 bridgehead atoms. The Kier molecular flexibility index (Phi) is 3.80. The van der Waals surface area contributed by atoms with E-state index in [1.54, 1.807) is 27.7 Å². The fourth-order valence-corrected chi connectivity index (χ4v) is 3.17. The normalized spacial score (nSPS) is 11.2. The first-order valence-electron chi connectivity index (χ1n) is 6.33. The van der Waals surface area contributed by atoms with Gasteiger partial charge in [-0.3, -0.25) is 14.3 Å². The summed E-state index contributed by atoms with van der Waals surface area (Å²) >= 11 is 1.08. The van der Waals surface area contributed by atoms with Gasteiger partial charge in [0, 0.05) is 6.04 Å². The fraction of sp³-hybridized carbons (Fsp3) is 0.462. The molecular formula is C13H16N2O4S. The molecule has 0 atom stereocenters. The number of aromatic nitrogens is 2. The molecule has 0 spiro atoms. The molecule has 20 heavy (non-hydrogen) atoms. The van der Waals surface area contributed by atoms with Gasteiger partial charge >= 0.3 is 11.7 Å². The molecule has 0 radical (unpaired) electrons. The Balaban J connectivity index is 2.80. The number of aromatic amines is 1. The van der Waals surface area contributed by atoms with Crippen LogP contribution < -0.4 is 11.2 Å². The molecule has 2 heterocycles. The van der Waals surface area contributed by atoms with Crippen molar-refractivity contribution >= 4 is 27.5 Å². The molecule has 2 rings (SSSR count). The maximum absolute atomic E-state index is 12.4. The second-order valence-corrected chi connectivity index (χ2v) is 5.70. The van der Waals surface area contributed by atoms with Crippen LogP contribution in [0.1, 0.15) is 42.0 Å². The SMILES string of the molecule is CCOC(=O)c1sc2[nH]c(=O)n(C(C)C)c(=O)c2c1C. The van der Waals surface area contributed by atoms with Gasteiger partial charge in [0.2, 0.25) is 0 Å². The number of fused-ring (bicyclic) bond motifs is 1. The van der Waals surface area contributed by atoms with Crippen molar-refractivity contribution in [2.45, 2.75) is 33.7 Å². The van der Waals surface area contributed by atoms with Gasteiger partial charge in [0.1, 0.15) is 9.71 Å². The highest BCUT2D eigenvalue weighted by Crippen LogP contribution is 2.27. The van der Waals surface area contributed by atoms with E-state index in [1.807, 2.05) is 0 Å². The molecule has 0 fully saturated rings. The third kappa shape index (κ3) is 2.18. The molecule has 0 unspecified atom stereocenters. The maximum atomic E-state index is 12.4. The summed E-state index contributed by atoms with van der Waals surface area (Å²) in [5, 5.41) is 0.381. The van der Waals surface area contributed by atoms with Crippen LogP contribution in [0, 0.1) is 6.92 Å². The van der Waals surface area contributed by atoms with Gasteiger partial charge in [-0.1, -0.05) is 0 Å². The molecule has 6 nitrogen and oxygen atoms in total. The first-order valence-corrected chi connectivity index (χ1v) is 7.15. The fourth-order valence-electron chi connectivity index (χ4n) is 2.09. The molecule has 2 aromatic rings. The Hall–Kier alpha value is -1.89. The summed E-state index contributed by atoms with van der Waals surface area (Å²) in [6.45, 7) is 7.19. The molecule has 0 saturated heterocycles. The molecule has 0 amide bonds. The number of H-pyrrole nitrogens is 1. The molecule has 0 aliphatic heterocycles. The second-order valence-electron chi connectivity index (χ2n) is 4.68. The van der Waals surface area contributed by atoms with E-state index in [0.29, 0.717) is 20.7 Å². The summed E-state index contributed by atoms with van der Waals surface area (Å²) in [7, 11) is 0. The van der Waals surface area contributed by atoms with Crippen LogP contribution >= 0.6 is 11.3 Å². The van der Waals surface area contributed by atoms with Crippen molar-refractivity contribution in [3.63, 3.8) is 0 Å². The highest BCUT2D eigenvalue weighted by atomic mass is 32.1. The molecule has 1 N–H and O–H groups in total. The highest BCUT2D eigenvalue weighted by molar-refractivity contribution is 7.20. The number of rotatable bonds is 3. The number of carbonyl (C=O) groups is 1. The molecule has 108 valence electrons. The highest BCUT2D eigenvalue weighted by Gasteiger charge is 2.21. The Morgan fingerprint density at radius 2 is 2.05 bits per heavy atom. The second kappa shape index (κ2) is 5.24. The average molecular weight is 296 g/mol. The summed E-state index contributed by atoms with van der Waals surface area (Å²) in [6.07, 6.45) is 0. The summed E-state index contributed by atoms with van der Waals surface area (Å²) in [4.78, 5) is 39.6. The standard InChI is InChI=1S/C13H16N2O4S/c1-5-19-12(17)9-7(4)8-10(20-9)14-13(18)15(6(2)3)11(8)16/h6H,5H2,1-4H3,(H,14,18). The van der Waals surface area contributed by atoms with E-state index in [1.165, 1.54) is 0 Å². The van der Waals surface area contributed by atoms with Crippen molar-refractivity contribution < 1.29 is 9.53 Å². The number of thiophene rings is 1. The Morgan fingerprint density at radius 3 is 2.60 bits per heavy atom. The number of hydrogen-bond donors (Lipinski definition) is 1. The van der Waals surface area contributed by atoms with E-state index in [-0.39, 0.29) is 18.2 Å². The molecular weight excluding hydrogens is 280 g/mol. The van der Waals surface area contributed by atoms with E-state index >= 15 is 0 Å². The third-order valence-corrected chi connectivity index (χ3v) is 4.18. The Morgan fingerprint density at radius 1 is 1.40 bits per heavy atom. The number of nitrogens with zero attached hydrogens (tertiary/aromatic N) is 1. The van der Waals surface area contributed by atoms with Crippen LogP contribution in [-0.2, 0) is 4.74 Å². The lowest BCUT2D eigenvalue weighted by Gasteiger charge is -2.07. The molecule has 0 aromatic carbocycles. The molecule has 0 aliphatic carbocycles. The molecule has 2 aromatic heterocycles. The van der Waals surface area contributed by atoms with E-state index in [9.17, 15) is 14.4 Å². The number of hydrogen-bond acceptors (Lipinski definition) is 5. The lowest BCUT2D eigenvalue weighted by Crippen LogP contribution is -2.36. The van der Waals surface area contributed by atoms with E-state index in [2.05, 4.69) is 4.98 Å². The van der Waals surface area contributed by atoms with Crippen LogP contribution in [0.3, 0.4) is 0 Å². The van der Waals surface area contributed by atoms with Crippen LogP contribution in [0.4, 0.5) is 0 Å². The van der Waals surface area contributed by atoms with E-state index in [4.69, 9.17) is 4.74 Å². The first-order chi connectivity index (χ1) is 9.38. The topological polar surface area (TPSA) is 81.2 Å². The zero-order valence-corrected chi connectivity index (χ0v) is 12.6. The Bertz CT molecular complexity index is 782. The van der Waals surface area contributed by atoms with Gasteiger partial charge in [0.25, 0.3) is 5.56 Å². The van der Waals surface area contributed by atoms with Crippen LogP contribution in [0.5, 0.6) is 0 Å². The predicted octanol–water partition coefficient (Wildman–Crippen LogP) is 1.82. The van der Waals surface area contributed by atoms with Crippen LogP contribution in [0.25, 0.3) is 10.2 Å². The van der Waals surface area contributed by atoms with Crippen molar-refractivity contribution in [2.75, 3.05) is 6.61 Å². The Labute approximate surface area is 119 Å². The lowest BCUT2D eigenvalue weighted by molar-refractivity contribution is 0.0531. The minimum absolute atomic E-state index is 0.249. The van der Waals surface area contributed by atoms with Crippen molar-refractivity contribution in [1.29, 1.82) is 0 Å². The zero-order valence-electron chi connectivity index (χ0n) is 11.8. The largest absolute Gasteiger partial charge is 0.462 e. The number of aryl methyl sites for hydroxylation is 1. The number of esters is 1. The maximum Gasteiger partial charge on any atom is 0.348 e. The summed E-state index contributed by atoms with van der Waals surface area (Å²) < 4.78 is 6.11. The monoisotopic (exact) mass is 296 g/mol. The van der Waals surface area contributed by atoms with Gasteiger partial charge in [0.15, 0.2) is 0 Å². The third-order valence-electron chi connectivity index (χ3n) is 3.00. The van der Waals surface area contributed by atoms with Gasteiger partial charge < -0.3 is 4.74 Å².